The number of fused-ring (bicyclic) bond motifs is 5. The van der Waals surface area contributed by atoms with Crippen LogP contribution in [0.4, 0.5) is 0 Å². The second kappa shape index (κ2) is 7.63. The number of thiophene rings is 1. The smallest absolute Gasteiger partial charge is 0.0992 e. The van der Waals surface area contributed by atoms with Crippen LogP contribution in [0.15, 0.2) is 73.1 Å². The van der Waals surface area contributed by atoms with Crippen molar-refractivity contribution >= 4 is 38.3 Å². The lowest BCUT2D eigenvalue weighted by Crippen LogP contribution is -2.25. The van der Waals surface area contributed by atoms with E-state index in [4.69, 9.17) is 0 Å². The summed E-state index contributed by atoms with van der Waals surface area (Å²) in [5, 5.41) is 22.3. The van der Waals surface area contributed by atoms with Crippen molar-refractivity contribution in [3.8, 4) is 23.4 Å². The van der Waals surface area contributed by atoms with Gasteiger partial charge in [0.25, 0.3) is 0 Å². The molecule has 34 heavy (non-hydrogen) atoms. The SMILES string of the molecule is CC1(c2cc(C#N)ccn2)C=Cc2c(sc3cc(-c4cc(C#N)ccn4)c4ccccc4c23)C1. The predicted molar refractivity (Wildman–Crippen MR) is 136 cm³/mol. The molecule has 4 nitrogen and oxygen atoms in total. The second-order valence-corrected chi connectivity index (χ2v) is 9.93. The summed E-state index contributed by atoms with van der Waals surface area (Å²) in [7, 11) is 0. The van der Waals surface area contributed by atoms with E-state index in [9.17, 15) is 10.5 Å². The maximum Gasteiger partial charge on any atom is 0.0992 e. The van der Waals surface area contributed by atoms with Crippen LogP contribution in [0.1, 0.15) is 34.2 Å². The fourth-order valence-electron chi connectivity index (χ4n) is 4.85. The summed E-state index contributed by atoms with van der Waals surface area (Å²) in [6, 6.07) is 22.3. The van der Waals surface area contributed by atoms with Gasteiger partial charge in [-0.3, -0.25) is 9.97 Å². The Bertz CT molecular complexity index is 1730. The van der Waals surface area contributed by atoms with Gasteiger partial charge in [0.1, 0.15) is 0 Å². The van der Waals surface area contributed by atoms with E-state index in [-0.39, 0.29) is 5.41 Å². The Morgan fingerprint density at radius 3 is 2.44 bits per heavy atom. The third kappa shape index (κ3) is 3.10. The van der Waals surface area contributed by atoms with Gasteiger partial charge < -0.3 is 0 Å². The molecule has 0 fully saturated rings. The molecule has 0 spiro atoms. The van der Waals surface area contributed by atoms with Crippen LogP contribution in [-0.2, 0) is 11.8 Å². The summed E-state index contributed by atoms with van der Waals surface area (Å²) < 4.78 is 1.20. The number of nitrogens with zero attached hydrogens (tertiary/aromatic N) is 4. The first-order chi connectivity index (χ1) is 16.6. The Morgan fingerprint density at radius 1 is 0.912 bits per heavy atom. The van der Waals surface area contributed by atoms with Crippen molar-refractivity contribution in [1.82, 2.24) is 9.97 Å². The fourth-order valence-corrected chi connectivity index (χ4v) is 6.27. The number of hydrogen-bond acceptors (Lipinski definition) is 5. The zero-order chi connectivity index (χ0) is 23.3. The molecule has 0 radical (unpaired) electrons. The van der Waals surface area contributed by atoms with Crippen LogP contribution < -0.4 is 0 Å². The van der Waals surface area contributed by atoms with Gasteiger partial charge in [0.2, 0.25) is 0 Å². The van der Waals surface area contributed by atoms with Crippen molar-refractivity contribution in [2.45, 2.75) is 18.8 Å². The molecule has 0 bridgehead atoms. The van der Waals surface area contributed by atoms with Gasteiger partial charge in [0.05, 0.1) is 34.7 Å². The molecular weight excluding hydrogens is 436 g/mol. The molecule has 0 saturated heterocycles. The van der Waals surface area contributed by atoms with Crippen molar-refractivity contribution < 1.29 is 0 Å². The molecule has 0 aliphatic heterocycles. The predicted octanol–water partition coefficient (Wildman–Crippen LogP) is 6.78. The summed E-state index contributed by atoms with van der Waals surface area (Å²) in [5.41, 5.74) is 4.97. The Balaban J connectivity index is 1.56. The molecule has 5 heteroatoms. The van der Waals surface area contributed by atoms with Crippen molar-refractivity contribution in [2.75, 3.05) is 0 Å². The Labute approximate surface area is 201 Å². The lowest BCUT2D eigenvalue weighted by molar-refractivity contribution is 0.573. The fraction of sp³-hybridized carbons (Fsp3) is 0.103. The van der Waals surface area contributed by atoms with E-state index in [0.29, 0.717) is 11.1 Å². The molecule has 5 aromatic rings. The zero-order valence-corrected chi connectivity index (χ0v) is 19.2. The molecule has 2 aromatic carbocycles. The van der Waals surface area contributed by atoms with Gasteiger partial charge in [0, 0.05) is 38.3 Å². The van der Waals surface area contributed by atoms with E-state index in [0.717, 1.165) is 28.8 Å². The van der Waals surface area contributed by atoms with Crippen molar-refractivity contribution in [2.24, 2.45) is 0 Å². The Hall–Kier alpha value is -4.32. The molecule has 1 atom stereocenters. The molecule has 1 aliphatic rings. The molecule has 1 aliphatic carbocycles. The van der Waals surface area contributed by atoms with Crippen LogP contribution in [0.25, 0.3) is 38.2 Å². The number of nitriles is 2. The first-order valence-electron chi connectivity index (χ1n) is 11.0. The summed E-state index contributed by atoms with van der Waals surface area (Å²) >= 11 is 1.80. The summed E-state index contributed by atoms with van der Waals surface area (Å²) in [6.07, 6.45) is 8.69. The number of allylic oxidation sites excluding steroid dienone is 1. The van der Waals surface area contributed by atoms with E-state index in [2.05, 4.69) is 65.4 Å². The summed E-state index contributed by atoms with van der Waals surface area (Å²) in [4.78, 5) is 10.5. The Morgan fingerprint density at radius 2 is 1.65 bits per heavy atom. The average molecular weight is 455 g/mol. The zero-order valence-electron chi connectivity index (χ0n) is 18.4. The van der Waals surface area contributed by atoms with Gasteiger partial charge in [0.15, 0.2) is 0 Å². The largest absolute Gasteiger partial charge is 0.260 e. The first kappa shape index (κ1) is 20.3. The van der Waals surface area contributed by atoms with Gasteiger partial charge in [-0.2, -0.15) is 10.5 Å². The van der Waals surface area contributed by atoms with E-state index in [1.54, 1.807) is 35.9 Å². The van der Waals surface area contributed by atoms with Gasteiger partial charge in [-0.1, -0.05) is 43.3 Å². The Kier molecular flexibility index (Phi) is 4.55. The minimum Gasteiger partial charge on any atom is -0.260 e. The highest BCUT2D eigenvalue weighted by atomic mass is 32.1. The first-order valence-corrected chi connectivity index (χ1v) is 11.8. The molecule has 3 heterocycles. The van der Waals surface area contributed by atoms with Gasteiger partial charge in [-0.05, 0) is 53.1 Å². The van der Waals surface area contributed by atoms with E-state index >= 15 is 0 Å². The molecule has 3 aromatic heterocycles. The van der Waals surface area contributed by atoms with Crippen LogP contribution in [0.3, 0.4) is 0 Å². The standard InChI is InChI=1S/C29H18N4S/c1-29(27-13-19(17-31)8-11-33-27)9-6-22-26(15-29)34-25-14-23(24-12-18(16-30)7-10-32-24)20-4-2-3-5-21(20)28(22)25/h2-14H,15H2,1H3. The maximum atomic E-state index is 9.37. The monoisotopic (exact) mass is 454 g/mol. The molecule has 6 rings (SSSR count). The number of benzene rings is 2. The molecule has 160 valence electrons. The molecular formula is C29H18N4S. The third-order valence-corrected chi connectivity index (χ3v) is 7.75. The maximum absolute atomic E-state index is 9.37. The molecule has 1 unspecified atom stereocenters. The van der Waals surface area contributed by atoms with Crippen molar-refractivity contribution in [1.29, 1.82) is 10.5 Å². The topological polar surface area (TPSA) is 73.4 Å². The normalized spacial score (nSPS) is 16.8. The van der Waals surface area contributed by atoms with Crippen LogP contribution in [0.5, 0.6) is 0 Å². The average Bonchev–Trinajstić information content (AvgIpc) is 3.25. The summed E-state index contributed by atoms with van der Waals surface area (Å²) in [5.74, 6) is 0. The minimum absolute atomic E-state index is 0.276. The lowest BCUT2D eigenvalue weighted by Gasteiger charge is -2.28. The van der Waals surface area contributed by atoms with Gasteiger partial charge in [-0.25, -0.2) is 0 Å². The highest BCUT2D eigenvalue weighted by Gasteiger charge is 2.32. The van der Waals surface area contributed by atoms with Gasteiger partial charge in [-0.15, -0.1) is 11.3 Å². The van der Waals surface area contributed by atoms with Crippen LogP contribution in [0, 0.1) is 22.7 Å². The number of hydrogen-bond donors (Lipinski definition) is 0. The second-order valence-electron chi connectivity index (χ2n) is 8.79. The van der Waals surface area contributed by atoms with Crippen molar-refractivity contribution in [3.05, 3.63) is 100 Å². The number of aromatic nitrogens is 2. The molecule has 0 amide bonds. The third-order valence-electron chi connectivity index (χ3n) is 6.60. The number of pyridine rings is 2. The van der Waals surface area contributed by atoms with E-state index in [1.165, 1.54) is 25.9 Å². The number of rotatable bonds is 2. The van der Waals surface area contributed by atoms with Crippen LogP contribution in [0.2, 0.25) is 0 Å². The molecule has 0 N–H and O–H groups in total. The van der Waals surface area contributed by atoms with E-state index in [1.807, 2.05) is 18.2 Å². The van der Waals surface area contributed by atoms with Crippen LogP contribution >= 0.6 is 11.3 Å². The minimum atomic E-state index is -0.276. The quantitative estimate of drug-likeness (QED) is 0.295. The summed E-state index contributed by atoms with van der Waals surface area (Å²) in [6.45, 7) is 2.18. The van der Waals surface area contributed by atoms with E-state index < -0.39 is 0 Å². The molecule has 0 saturated carbocycles. The highest BCUT2D eigenvalue weighted by molar-refractivity contribution is 7.19. The highest BCUT2D eigenvalue weighted by Crippen LogP contribution is 2.46. The van der Waals surface area contributed by atoms with Crippen molar-refractivity contribution in [3.63, 3.8) is 0 Å². The van der Waals surface area contributed by atoms with Gasteiger partial charge >= 0.3 is 0 Å². The lowest BCUT2D eigenvalue weighted by atomic mass is 9.77. The van der Waals surface area contributed by atoms with Crippen LogP contribution in [-0.4, -0.2) is 9.97 Å².